The smallest absolute Gasteiger partial charge is 0.191 e. The summed E-state index contributed by atoms with van der Waals surface area (Å²) in [4.78, 5) is 6.87. The fraction of sp³-hybridized carbons (Fsp3) is 0.524. The van der Waals surface area contributed by atoms with Crippen LogP contribution in [-0.4, -0.2) is 49.8 Å². The highest BCUT2D eigenvalue weighted by Crippen LogP contribution is 2.27. The molecular weight excluding hydrogens is 481 g/mol. The van der Waals surface area contributed by atoms with Crippen molar-refractivity contribution < 1.29 is 9.26 Å². The lowest BCUT2D eigenvalue weighted by Crippen LogP contribution is -2.42. The van der Waals surface area contributed by atoms with Crippen LogP contribution >= 0.6 is 24.0 Å². The number of methoxy groups -OCH3 is 1. The third-order valence-electron chi connectivity index (χ3n) is 5.15. The number of rotatable bonds is 8. The van der Waals surface area contributed by atoms with Gasteiger partial charge in [-0.25, -0.2) is 0 Å². The van der Waals surface area contributed by atoms with Gasteiger partial charge in [-0.3, -0.25) is 9.89 Å². The van der Waals surface area contributed by atoms with Crippen LogP contribution in [0.1, 0.15) is 42.8 Å². The van der Waals surface area contributed by atoms with E-state index in [1.165, 1.54) is 18.4 Å². The van der Waals surface area contributed by atoms with Crippen LogP contribution in [0.5, 0.6) is 5.75 Å². The van der Waals surface area contributed by atoms with Crippen molar-refractivity contribution in [1.82, 2.24) is 20.7 Å². The third kappa shape index (κ3) is 6.60. The first-order valence-electron chi connectivity index (χ1n) is 10.0. The zero-order valence-corrected chi connectivity index (χ0v) is 19.8. The van der Waals surface area contributed by atoms with Crippen LogP contribution in [0.3, 0.4) is 0 Å². The normalized spacial score (nSPS) is 15.6. The van der Waals surface area contributed by atoms with Crippen LogP contribution < -0.4 is 15.4 Å². The number of hydrogen-bond acceptors (Lipinski definition) is 5. The van der Waals surface area contributed by atoms with Crippen LogP contribution in [0, 0.1) is 0 Å². The molecule has 1 unspecified atom stereocenters. The Morgan fingerprint density at radius 2 is 2.07 bits per heavy atom. The number of halogens is 1. The Kier molecular flexibility index (Phi) is 9.72. The highest BCUT2D eigenvalue weighted by molar-refractivity contribution is 14.0. The number of likely N-dealkylation sites (tertiary alicyclic amines) is 1. The zero-order chi connectivity index (χ0) is 19.8. The molecule has 7 nitrogen and oxygen atoms in total. The average molecular weight is 513 g/mol. The van der Waals surface area contributed by atoms with Crippen LogP contribution in [0.25, 0.3) is 0 Å². The molecule has 1 atom stereocenters. The number of aryl methyl sites for hydroxylation is 1. The number of ether oxygens (including phenoxy) is 1. The molecule has 2 aromatic rings. The maximum absolute atomic E-state index is 5.42. The number of aliphatic imine (C=N–C) groups is 1. The van der Waals surface area contributed by atoms with Gasteiger partial charge in [-0.15, -0.1) is 24.0 Å². The number of guanidine groups is 1. The first-order valence-corrected chi connectivity index (χ1v) is 10.0. The van der Waals surface area contributed by atoms with Crippen LogP contribution in [0.15, 0.2) is 39.8 Å². The van der Waals surface area contributed by atoms with E-state index in [0.29, 0.717) is 6.54 Å². The monoisotopic (exact) mass is 513 g/mol. The van der Waals surface area contributed by atoms with E-state index in [-0.39, 0.29) is 30.0 Å². The van der Waals surface area contributed by atoms with E-state index >= 15 is 0 Å². The molecule has 160 valence electrons. The Morgan fingerprint density at radius 1 is 1.28 bits per heavy atom. The largest absolute Gasteiger partial charge is 0.497 e. The summed E-state index contributed by atoms with van der Waals surface area (Å²) >= 11 is 0. The minimum absolute atomic E-state index is 0. The summed E-state index contributed by atoms with van der Waals surface area (Å²) in [6.45, 7) is 5.62. The van der Waals surface area contributed by atoms with Crippen molar-refractivity contribution >= 4 is 29.9 Å². The molecule has 29 heavy (non-hydrogen) atoms. The lowest BCUT2D eigenvalue weighted by Gasteiger charge is -2.29. The van der Waals surface area contributed by atoms with E-state index < -0.39 is 0 Å². The first kappa shape index (κ1) is 23.5. The van der Waals surface area contributed by atoms with Gasteiger partial charge in [0.2, 0.25) is 0 Å². The van der Waals surface area contributed by atoms with Crippen molar-refractivity contribution in [3.05, 3.63) is 47.3 Å². The number of nitrogens with zero attached hydrogens (tertiary/aromatic N) is 3. The van der Waals surface area contributed by atoms with E-state index in [2.05, 4.69) is 50.8 Å². The van der Waals surface area contributed by atoms with Gasteiger partial charge in [0.15, 0.2) is 11.7 Å². The van der Waals surface area contributed by atoms with Crippen molar-refractivity contribution in [3.63, 3.8) is 0 Å². The molecule has 0 amide bonds. The van der Waals surface area contributed by atoms with Gasteiger partial charge in [0.05, 0.1) is 25.4 Å². The fourth-order valence-corrected chi connectivity index (χ4v) is 3.55. The van der Waals surface area contributed by atoms with Crippen molar-refractivity contribution in [2.45, 2.75) is 38.8 Å². The van der Waals surface area contributed by atoms with Gasteiger partial charge >= 0.3 is 0 Å². The molecule has 1 aliphatic rings. The lowest BCUT2D eigenvalue weighted by molar-refractivity contribution is 0.245. The molecular formula is C21H32IN5O2. The van der Waals surface area contributed by atoms with Crippen molar-refractivity contribution in [2.75, 3.05) is 33.8 Å². The van der Waals surface area contributed by atoms with Gasteiger partial charge in [0.25, 0.3) is 0 Å². The third-order valence-corrected chi connectivity index (χ3v) is 5.15. The van der Waals surface area contributed by atoms with E-state index in [1.807, 2.05) is 12.1 Å². The first-order chi connectivity index (χ1) is 13.7. The molecule has 0 aliphatic carbocycles. The van der Waals surface area contributed by atoms with Gasteiger partial charge < -0.3 is 19.9 Å². The second kappa shape index (κ2) is 12.0. The standard InChI is InChI=1S/C21H31N5O2.HI/c1-4-17-13-19(28-25-17)14-23-21(22-2)24-15-20(26-10-5-6-11-26)16-8-7-9-18(12-16)27-3;/h7-9,12-13,20H,4-6,10-11,14-15H2,1-3H3,(H2,22,23,24);1H. The molecule has 2 heterocycles. The Balaban J connectivity index is 0.00000300. The Hall–Kier alpha value is -1.81. The number of aromatic nitrogens is 1. The molecule has 2 N–H and O–H groups in total. The van der Waals surface area contributed by atoms with Crippen LogP contribution in [-0.2, 0) is 13.0 Å². The number of nitrogens with one attached hydrogen (secondary N) is 2. The molecule has 0 radical (unpaired) electrons. The zero-order valence-electron chi connectivity index (χ0n) is 17.5. The summed E-state index contributed by atoms with van der Waals surface area (Å²) in [5.41, 5.74) is 2.22. The Bertz CT molecular complexity index is 774. The van der Waals surface area contributed by atoms with Crippen molar-refractivity contribution in [1.29, 1.82) is 0 Å². The Labute approximate surface area is 190 Å². The minimum atomic E-state index is 0. The molecule has 1 aromatic carbocycles. The van der Waals surface area contributed by atoms with Crippen LogP contribution in [0.4, 0.5) is 0 Å². The van der Waals surface area contributed by atoms with Gasteiger partial charge in [-0.1, -0.05) is 24.2 Å². The van der Waals surface area contributed by atoms with Crippen LogP contribution in [0.2, 0.25) is 0 Å². The summed E-state index contributed by atoms with van der Waals surface area (Å²) < 4.78 is 10.8. The fourth-order valence-electron chi connectivity index (χ4n) is 3.55. The highest BCUT2D eigenvalue weighted by atomic mass is 127. The average Bonchev–Trinajstić information content (AvgIpc) is 3.42. The second-order valence-electron chi connectivity index (χ2n) is 6.98. The maximum Gasteiger partial charge on any atom is 0.191 e. The van der Waals surface area contributed by atoms with Gasteiger partial charge in [0, 0.05) is 19.7 Å². The molecule has 0 bridgehead atoms. The topological polar surface area (TPSA) is 74.9 Å². The van der Waals surface area contributed by atoms with Crippen molar-refractivity contribution in [2.24, 2.45) is 4.99 Å². The molecule has 3 rings (SSSR count). The van der Waals surface area contributed by atoms with E-state index in [1.54, 1.807) is 14.2 Å². The molecule has 8 heteroatoms. The highest BCUT2D eigenvalue weighted by Gasteiger charge is 2.24. The maximum atomic E-state index is 5.42. The Morgan fingerprint density at radius 3 is 2.72 bits per heavy atom. The molecule has 1 fully saturated rings. The predicted octanol–water partition coefficient (Wildman–Crippen LogP) is 3.37. The number of benzene rings is 1. The second-order valence-corrected chi connectivity index (χ2v) is 6.98. The summed E-state index contributed by atoms with van der Waals surface area (Å²) in [5.74, 6) is 2.45. The molecule has 1 saturated heterocycles. The van der Waals surface area contributed by atoms with Gasteiger partial charge in [-0.2, -0.15) is 0 Å². The van der Waals surface area contributed by atoms with E-state index in [9.17, 15) is 0 Å². The van der Waals surface area contributed by atoms with E-state index in [0.717, 1.165) is 49.2 Å². The quantitative estimate of drug-likeness (QED) is 0.321. The summed E-state index contributed by atoms with van der Waals surface area (Å²) in [6.07, 6.45) is 3.37. The number of hydrogen-bond donors (Lipinski definition) is 2. The SMILES string of the molecule is CCc1cc(CNC(=NC)NCC(c2cccc(OC)c2)N2CCCC2)on1.I. The molecule has 1 aromatic heterocycles. The van der Waals surface area contributed by atoms with E-state index in [4.69, 9.17) is 9.26 Å². The van der Waals surface area contributed by atoms with Gasteiger partial charge in [-0.05, 0) is 50.0 Å². The minimum Gasteiger partial charge on any atom is -0.497 e. The summed E-state index contributed by atoms with van der Waals surface area (Å²) in [6, 6.07) is 10.6. The lowest BCUT2D eigenvalue weighted by atomic mass is 10.1. The molecule has 0 spiro atoms. The molecule has 0 saturated carbocycles. The predicted molar refractivity (Wildman–Crippen MR) is 126 cm³/mol. The molecule has 1 aliphatic heterocycles. The van der Waals surface area contributed by atoms with Gasteiger partial charge in [0.1, 0.15) is 5.75 Å². The summed E-state index contributed by atoms with van der Waals surface area (Å²) in [7, 11) is 3.49. The van der Waals surface area contributed by atoms with Crippen molar-refractivity contribution in [3.8, 4) is 5.75 Å². The summed E-state index contributed by atoms with van der Waals surface area (Å²) in [5, 5.41) is 10.8.